The van der Waals surface area contributed by atoms with Crippen LogP contribution in [0.1, 0.15) is 23.2 Å². The van der Waals surface area contributed by atoms with Gasteiger partial charge >= 0.3 is 5.97 Å². The number of carboxylic acids is 1. The molecule has 6 nitrogen and oxygen atoms in total. The van der Waals surface area contributed by atoms with E-state index >= 15 is 0 Å². The monoisotopic (exact) mass is 250 g/mol. The smallest absolute Gasteiger partial charge is 0.332 e. The van der Waals surface area contributed by atoms with E-state index in [0.717, 1.165) is 0 Å². The third-order valence-corrected chi connectivity index (χ3v) is 2.82. The number of carbonyl (C=O) groups is 2. The molecule has 0 aromatic carbocycles. The number of carboxylic acid groups (broad SMARTS) is 1. The van der Waals surface area contributed by atoms with Gasteiger partial charge in [-0.1, -0.05) is 0 Å². The molecule has 2 N–H and O–H groups in total. The summed E-state index contributed by atoms with van der Waals surface area (Å²) in [5.74, 6) is -1.15. The molecule has 2 rings (SSSR count). The Morgan fingerprint density at radius 2 is 2.11 bits per heavy atom. The molecule has 1 aromatic heterocycles. The molecular weight excluding hydrogens is 236 g/mol. The average Bonchev–Trinajstić information content (AvgIpc) is 2.86. The molecule has 6 heteroatoms. The second-order valence-electron chi connectivity index (χ2n) is 4.11. The highest BCUT2D eigenvalue weighted by molar-refractivity contribution is 5.93. The highest BCUT2D eigenvalue weighted by Gasteiger charge is 2.30. The predicted octanol–water partition coefficient (Wildman–Crippen LogP) is 0.444. The van der Waals surface area contributed by atoms with Gasteiger partial charge in [-0.25, -0.2) is 4.79 Å². The van der Waals surface area contributed by atoms with Gasteiger partial charge in [0.15, 0.2) is 6.10 Å². The molecule has 2 atom stereocenters. The Labute approximate surface area is 104 Å². The first-order valence-electron chi connectivity index (χ1n) is 5.73. The van der Waals surface area contributed by atoms with Crippen LogP contribution in [0, 0.1) is 0 Å². The summed E-state index contributed by atoms with van der Waals surface area (Å²) in [7, 11) is 0. The van der Waals surface area contributed by atoms with E-state index in [1.54, 1.807) is 24.5 Å². The topological polar surface area (TPSA) is 88.5 Å². The molecule has 1 fully saturated rings. The second-order valence-corrected chi connectivity index (χ2v) is 4.11. The van der Waals surface area contributed by atoms with Gasteiger partial charge in [-0.2, -0.15) is 0 Å². The van der Waals surface area contributed by atoms with Crippen LogP contribution in [-0.4, -0.2) is 40.7 Å². The number of pyridine rings is 1. The summed E-state index contributed by atoms with van der Waals surface area (Å²) in [5, 5.41) is 11.5. The van der Waals surface area contributed by atoms with E-state index in [2.05, 4.69) is 10.3 Å². The van der Waals surface area contributed by atoms with Crippen molar-refractivity contribution in [1.29, 1.82) is 0 Å². The minimum Gasteiger partial charge on any atom is -0.479 e. The summed E-state index contributed by atoms with van der Waals surface area (Å²) in [5.41, 5.74) is 0.526. The zero-order valence-corrected chi connectivity index (χ0v) is 9.70. The molecule has 1 aliphatic rings. The van der Waals surface area contributed by atoms with Crippen molar-refractivity contribution in [3.63, 3.8) is 0 Å². The molecule has 96 valence electrons. The Bertz CT molecular complexity index is 435. The van der Waals surface area contributed by atoms with Crippen molar-refractivity contribution in [2.75, 3.05) is 6.54 Å². The number of aliphatic carboxylic acids is 1. The van der Waals surface area contributed by atoms with Gasteiger partial charge in [0.05, 0.1) is 6.10 Å². The molecule has 1 aliphatic heterocycles. The molecule has 0 spiro atoms. The Morgan fingerprint density at radius 3 is 2.72 bits per heavy atom. The summed E-state index contributed by atoms with van der Waals surface area (Å²) in [6.07, 6.45) is 3.26. The first-order chi connectivity index (χ1) is 8.66. The van der Waals surface area contributed by atoms with Crippen LogP contribution in [-0.2, 0) is 9.53 Å². The number of amides is 1. The van der Waals surface area contributed by atoms with E-state index in [1.165, 1.54) is 0 Å². The van der Waals surface area contributed by atoms with Gasteiger partial charge in [-0.15, -0.1) is 0 Å². The Morgan fingerprint density at radius 1 is 1.39 bits per heavy atom. The van der Waals surface area contributed by atoms with E-state index in [-0.39, 0.29) is 12.0 Å². The number of nitrogens with one attached hydrogen (secondary N) is 1. The minimum atomic E-state index is -0.946. The maximum Gasteiger partial charge on any atom is 0.332 e. The SMILES string of the molecule is O=C(NCC1CCC(C(=O)O)O1)c1ccncc1. The van der Waals surface area contributed by atoms with Crippen LogP contribution in [0.25, 0.3) is 0 Å². The number of rotatable bonds is 4. The lowest BCUT2D eigenvalue weighted by Crippen LogP contribution is -2.33. The first kappa shape index (κ1) is 12.5. The fourth-order valence-corrected chi connectivity index (χ4v) is 1.85. The van der Waals surface area contributed by atoms with Crippen LogP contribution in [0.15, 0.2) is 24.5 Å². The van der Waals surface area contributed by atoms with Crippen LogP contribution in [0.4, 0.5) is 0 Å². The molecule has 2 heterocycles. The van der Waals surface area contributed by atoms with Crippen molar-refractivity contribution >= 4 is 11.9 Å². The van der Waals surface area contributed by atoms with Crippen LogP contribution in [0.2, 0.25) is 0 Å². The highest BCUT2D eigenvalue weighted by Crippen LogP contribution is 2.19. The lowest BCUT2D eigenvalue weighted by atomic mass is 10.2. The van der Waals surface area contributed by atoms with Gasteiger partial charge < -0.3 is 15.2 Å². The van der Waals surface area contributed by atoms with E-state index in [4.69, 9.17) is 9.84 Å². The van der Waals surface area contributed by atoms with Crippen LogP contribution >= 0.6 is 0 Å². The zero-order chi connectivity index (χ0) is 13.0. The van der Waals surface area contributed by atoms with Gasteiger partial charge in [0, 0.05) is 24.5 Å². The van der Waals surface area contributed by atoms with Crippen molar-refractivity contribution in [1.82, 2.24) is 10.3 Å². The van der Waals surface area contributed by atoms with Crippen LogP contribution < -0.4 is 5.32 Å². The quantitative estimate of drug-likeness (QED) is 0.809. The third-order valence-electron chi connectivity index (χ3n) is 2.82. The number of ether oxygens (including phenoxy) is 1. The van der Waals surface area contributed by atoms with Crippen molar-refractivity contribution in [2.45, 2.75) is 25.0 Å². The van der Waals surface area contributed by atoms with Crippen molar-refractivity contribution in [2.24, 2.45) is 0 Å². The maximum atomic E-state index is 11.7. The largest absolute Gasteiger partial charge is 0.479 e. The van der Waals surface area contributed by atoms with Crippen LogP contribution in [0.3, 0.4) is 0 Å². The molecule has 1 amide bonds. The minimum absolute atomic E-state index is 0.209. The third kappa shape index (κ3) is 3.04. The molecule has 0 aliphatic carbocycles. The molecule has 0 bridgehead atoms. The standard InChI is InChI=1S/C12H14N2O4/c15-11(8-3-5-13-6-4-8)14-7-9-1-2-10(18-9)12(16)17/h3-6,9-10H,1-2,7H2,(H,14,15)(H,16,17). The van der Waals surface area contributed by atoms with E-state index in [1.807, 2.05) is 0 Å². The molecule has 2 unspecified atom stereocenters. The summed E-state index contributed by atoms with van der Waals surface area (Å²) in [6, 6.07) is 3.23. The summed E-state index contributed by atoms with van der Waals surface area (Å²) in [6.45, 7) is 0.324. The van der Waals surface area contributed by atoms with Crippen molar-refractivity contribution in [3.8, 4) is 0 Å². The fraction of sp³-hybridized carbons (Fsp3) is 0.417. The van der Waals surface area contributed by atoms with Crippen molar-refractivity contribution in [3.05, 3.63) is 30.1 Å². The summed E-state index contributed by atoms with van der Waals surface area (Å²) >= 11 is 0. The number of carbonyl (C=O) groups excluding carboxylic acids is 1. The zero-order valence-electron chi connectivity index (χ0n) is 9.70. The lowest BCUT2D eigenvalue weighted by molar-refractivity contribution is -0.149. The highest BCUT2D eigenvalue weighted by atomic mass is 16.5. The molecule has 0 radical (unpaired) electrons. The second kappa shape index (κ2) is 5.59. The summed E-state index contributed by atoms with van der Waals surface area (Å²) in [4.78, 5) is 26.2. The molecule has 18 heavy (non-hydrogen) atoms. The normalized spacial score (nSPS) is 22.7. The Kier molecular flexibility index (Phi) is 3.88. The van der Waals surface area contributed by atoms with Gasteiger partial charge in [-0.3, -0.25) is 9.78 Å². The van der Waals surface area contributed by atoms with Gasteiger partial charge in [0.1, 0.15) is 0 Å². The van der Waals surface area contributed by atoms with Crippen LogP contribution in [0.5, 0.6) is 0 Å². The molecule has 0 saturated carbocycles. The predicted molar refractivity (Wildman–Crippen MR) is 62.1 cm³/mol. The fourth-order valence-electron chi connectivity index (χ4n) is 1.85. The van der Waals surface area contributed by atoms with Crippen molar-refractivity contribution < 1.29 is 19.4 Å². The average molecular weight is 250 g/mol. The van der Waals surface area contributed by atoms with Gasteiger partial charge in [0.2, 0.25) is 0 Å². The molecule has 1 aromatic rings. The number of aromatic nitrogens is 1. The first-order valence-corrected chi connectivity index (χ1v) is 5.73. The number of hydrogen-bond donors (Lipinski definition) is 2. The van der Waals surface area contributed by atoms with E-state index in [9.17, 15) is 9.59 Å². The Hall–Kier alpha value is -1.95. The maximum absolute atomic E-state index is 11.7. The Balaban J connectivity index is 1.79. The molecule has 1 saturated heterocycles. The number of nitrogens with zero attached hydrogens (tertiary/aromatic N) is 1. The van der Waals surface area contributed by atoms with Gasteiger partial charge in [-0.05, 0) is 25.0 Å². The van der Waals surface area contributed by atoms with E-state index in [0.29, 0.717) is 24.9 Å². The van der Waals surface area contributed by atoms with E-state index < -0.39 is 12.1 Å². The molecular formula is C12H14N2O4. The van der Waals surface area contributed by atoms with Gasteiger partial charge in [0.25, 0.3) is 5.91 Å². The lowest BCUT2D eigenvalue weighted by Gasteiger charge is -2.12. The summed E-state index contributed by atoms with van der Waals surface area (Å²) < 4.78 is 5.28. The number of hydrogen-bond acceptors (Lipinski definition) is 4.